The van der Waals surface area contributed by atoms with Crippen molar-refractivity contribution < 1.29 is 19.1 Å². The van der Waals surface area contributed by atoms with Gasteiger partial charge in [0.2, 0.25) is 0 Å². The molecule has 0 unspecified atom stereocenters. The van der Waals surface area contributed by atoms with E-state index in [4.69, 9.17) is 21.1 Å². The highest BCUT2D eigenvalue weighted by atomic mass is 35.5. The third-order valence-electron chi connectivity index (χ3n) is 3.77. The molecule has 2 aromatic rings. The van der Waals surface area contributed by atoms with Crippen LogP contribution < -0.4 is 19.7 Å². The van der Waals surface area contributed by atoms with Crippen molar-refractivity contribution in [3.63, 3.8) is 0 Å². The maximum Gasteiger partial charge on any atom is 0.265 e. The van der Waals surface area contributed by atoms with Crippen LogP contribution in [0.25, 0.3) is 0 Å². The quantitative estimate of drug-likeness (QED) is 0.908. The molecule has 25 heavy (non-hydrogen) atoms. The van der Waals surface area contributed by atoms with Crippen LogP contribution in [0.15, 0.2) is 48.5 Å². The Morgan fingerprint density at radius 1 is 1.28 bits per heavy atom. The average Bonchev–Trinajstić information content (AvgIpc) is 2.64. The molecule has 1 aliphatic heterocycles. The Morgan fingerprint density at radius 2 is 2.08 bits per heavy atom. The Kier molecular flexibility index (Phi) is 5.09. The monoisotopic (exact) mass is 360 g/mol. The molecule has 0 bridgehead atoms. The van der Waals surface area contributed by atoms with Gasteiger partial charge in [-0.15, -0.1) is 0 Å². The number of hydrogen-bond acceptors (Lipinski definition) is 4. The van der Waals surface area contributed by atoms with Gasteiger partial charge in [-0.2, -0.15) is 0 Å². The number of nitrogens with one attached hydrogen (secondary N) is 1. The highest BCUT2D eigenvalue weighted by molar-refractivity contribution is 6.30. The van der Waals surface area contributed by atoms with Crippen molar-refractivity contribution >= 4 is 29.1 Å². The number of hydrogen-bond donors (Lipinski definition) is 1. The van der Waals surface area contributed by atoms with E-state index in [0.29, 0.717) is 22.2 Å². The molecule has 0 aliphatic carbocycles. The molecule has 1 heterocycles. The summed E-state index contributed by atoms with van der Waals surface area (Å²) in [6, 6.07) is 13.9. The Morgan fingerprint density at radius 3 is 2.84 bits per heavy atom. The SMILES string of the molecule is CNC(=O)[C@@H]1CN(C(=O)COc2cccc(Cl)c2)c2ccccc2O1. The molecule has 1 N–H and O–H groups in total. The van der Waals surface area contributed by atoms with Crippen LogP contribution in [0.1, 0.15) is 0 Å². The van der Waals surface area contributed by atoms with Gasteiger partial charge in [-0.1, -0.05) is 29.8 Å². The molecule has 2 amide bonds. The summed E-state index contributed by atoms with van der Waals surface area (Å²) in [6.07, 6.45) is -0.769. The number of amides is 2. The average molecular weight is 361 g/mol. The van der Waals surface area contributed by atoms with Gasteiger partial charge in [0.25, 0.3) is 11.8 Å². The minimum Gasteiger partial charge on any atom is -0.484 e. The maximum atomic E-state index is 12.7. The number of ether oxygens (including phenoxy) is 2. The molecule has 1 atom stereocenters. The molecule has 0 fully saturated rings. The lowest BCUT2D eigenvalue weighted by molar-refractivity contribution is -0.128. The third kappa shape index (κ3) is 3.85. The second-order valence-corrected chi connectivity index (χ2v) is 5.88. The number of benzene rings is 2. The molecule has 130 valence electrons. The molecule has 0 spiro atoms. The highest BCUT2D eigenvalue weighted by Gasteiger charge is 2.33. The Hall–Kier alpha value is -2.73. The number of halogens is 1. The van der Waals surface area contributed by atoms with E-state index >= 15 is 0 Å². The second-order valence-electron chi connectivity index (χ2n) is 5.44. The normalized spacial score (nSPS) is 15.8. The smallest absolute Gasteiger partial charge is 0.265 e. The standard InChI is InChI=1S/C18H17ClN2O4/c1-20-18(23)16-10-21(14-7-2-3-8-15(14)25-16)17(22)11-24-13-6-4-5-12(19)9-13/h2-9,16H,10-11H2,1H3,(H,20,23)/t16-/m0/s1. The summed E-state index contributed by atoms with van der Waals surface area (Å²) in [4.78, 5) is 26.1. The Balaban J connectivity index is 1.77. The zero-order valence-corrected chi connectivity index (χ0v) is 14.3. The molecule has 0 radical (unpaired) electrons. The van der Waals surface area contributed by atoms with Crippen molar-refractivity contribution in [2.24, 2.45) is 0 Å². The fourth-order valence-electron chi connectivity index (χ4n) is 2.55. The fraction of sp³-hybridized carbons (Fsp3) is 0.222. The summed E-state index contributed by atoms with van der Waals surface area (Å²) < 4.78 is 11.2. The molecular formula is C18H17ClN2O4. The van der Waals surface area contributed by atoms with Crippen molar-refractivity contribution in [2.45, 2.75) is 6.10 Å². The number of carbonyl (C=O) groups is 2. The summed E-state index contributed by atoms with van der Waals surface area (Å²) in [6.45, 7) is -0.0520. The van der Waals surface area contributed by atoms with E-state index in [9.17, 15) is 9.59 Å². The van der Waals surface area contributed by atoms with Crippen LogP contribution in [0.3, 0.4) is 0 Å². The number of anilines is 1. The van der Waals surface area contributed by atoms with Gasteiger partial charge < -0.3 is 19.7 Å². The number of nitrogens with zero attached hydrogens (tertiary/aromatic N) is 1. The summed E-state index contributed by atoms with van der Waals surface area (Å²) in [5, 5.41) is 3.07. The molecule has 1 aliphatic rings. The molecule has 6 nitrogen and oxygen atoms in total. The predicted octanol–water partition coefficient (Wildman–Crippen LogP) is 2.26. The number of para-hydroxylation sites is 2. The van der Waals surface area contributed by atoms with Crippen LogP contribution in [0, 0.1) is 0 Å². The van der Waals surface area contributed by atoms with Gasteiger partial charge in [0.15, 0.2) is 12.7 Å². The number of likely N-dealkylation sites (N-methyl/N-ethyl adjacent to an activating group) is 1. The molecule has 2 aromatic carbocycles. The number of fused-ring (bicyclic) bond motifs is 1. The zero-order chi connectivity index (χ0) is 17.8. The largest absolute Gasteiger partial charge is 0.484 e. The van der Waals surface area contributed by atoms with Crippen molar-refractivity contribution in [3.05, 3.63) is 53.6 Å². The van der Waals surface area contributed by atoms with Gasteiger partial charge >= 0.3 is 0 Å². The molecule has 0 aromatic heterocycles. The summed E-state index contributed by atoms with van der Waals surface area (Å²) in [5.74, 6) is 0.427. The van der Waals surface area contributed by atoms with E-state index in [1.807, 2.05) is 0 Å². The van der Waals surface area contributed by atoms with Crippen LogP contribution in [-0.4, -0.2) is 38.1 Å². The zero-order valence-electron chi connectivity index (χ0n) is 13.6. The first kappa shape index (κ1) is 17.1. The first-order valence-electron chi connectivity index (χ1n) is 7.74. The van der Waals surface area contributed by atoms with E-state index in [1.54, 1.807) is 48.5 Å². The van der Waals surface area contributed by atoms with Crippen molar-refractivity contribution in [3.8, 4) is 11.5 Å². The van der Waals surface area contributed by atoms with Gasteiger partial charge in [-0.05, 0) is 30.3 Å². The minimum absolute atomic E-state index is 0.119. The lowest BCUT2D eigenvalue weighted by Crippen LogP contribution is -2.51. The minimum atomic E-state index is -0.769. The van der Waals surface area contributed by atoms with E-state index in [2.05, 4.69) is 5.32 Å². The Bertz CT molecular complexity index is 796. The first-order chi connectivity index (χ1) is 12.1. The van der Waals surface area contributed by atoms with E-state index in [-0.39, 0.29) is 25.0 Å². The third-order valence-corrected chi connectivity index (χ3v) is 4.01. The lowest BCUT2D eigenvalue weighted by Gasteiger charge is -2.33. The Labute approximate surface area is 150 Å². The number of rotatable bonds is 4. The van der Waals surface area contributed by atoms with Gasteiger partial charge in [0.05, 0.1) is 12.2 Å². The van der Waals surface area contributed by atoms with E-state index < -0.39 is 6.10 Å². The highest BCUT2D eigenvalue weighted by Crippen LogP contribution is 2.33. The van der Waals surface area contributed by atoms with Gasteiger partial charge in [-0.3, -0.25) is 9.59 Å². The molecule has 0 saturated carbocycles. The van der Waals surface area contributed by atoms with Crippen LogP contribution >= 0.6 is 11.6 Å². The molecule has 7 heteroatoms. The maximum absolute atomic E-state index is 12.7. The summed E-state index contributed by atoms with van der Waals surface area (Å²) >= 11 is 5.91. The second kappa shape index (κ2) is 7.44. The van der Waals surface area contributed by atoms with Crippen LogP contribution in [0.4, 0.5) is 5.69 Å². The van der Waals surface area contributed by atoms with Crippen molar-refractivity contribution in [1.29, 1.82) is 0 Å². The van der Waals surface area contributed by atoms with Gasteiger partial charge in [-0.25, -0.2) is 0 Å². The van der Waals surface area contributed by atoms with Crippen LogP contribution in [0.5, 0.6) is 11.5 Å². The van der Waals surface area contributed by atoms with Crippen LogP contribution in [0.2, 0.25) is 5.02 Å². The van der Waals surface area contributed by atoms with Gasteiger partial charge in [0, 0.05) is 12.1 Å². The summed E-state index contributed by atoms with van der Waals surface area (Å²) in [5.41, 5.74) is 0.613. The molecule has 0 saturated heterocycles. The van der Waals surface area contributed by atoms with Crippen molar-refractivity contribution in [1.82, 2.24) is 5.32 Å². The first-order valence-corrected chi connectivity index (χ1v) is 8.12. The van der Waals surface area contributed by atoms with Gasteiger partial charge in [0.1, 0.15) is 11.5 Å². The van der Waals surface area contributed by atoms with E-state index in [0.717, 1.165) is 0 Å². The van der Waals surface area contributed by atoms with Crippen molar-refractivity contribution in [2.75, 3.05) is 25.1 Å². The predicted molar refractivity (Wildman–Crippen MR) is 94.2 cm³/mol. The number of carbonyl (C=O) groups excluding carboxylic acids is 2. The topological polar surface area (TPSA) is 67.9 Å². The molecule has 3 rings (SSSR count). The van der Waals surface area contributed by atoms with E-state index in [1.165, 1.54) is 11.9 Å². The summed E-state index contributed by atoms with van der Waals surface area (Å²) in [7, 11) is 1.53. The lowest BCUT2D eigenvalue weighted by atomic mass is 10.1. The van der Waals surface area contributed by atoms with Crippen LogP contribution in [-0.2, 0) is 9.59 Å². The molecular weight excluding hydrogens is 344 g/mol. The fourth-order valence-corrected chi connectivity index (χ4v) is 2.73.